The van der Waals surface area contributed by atoms with Crippen LogP contribution in [-0.2, 0) is 5.54 Å². The molecular formula is C10H10BrNO2. The van der Waals surface area contributed by atoms with E-state index in [1.54, 1.807) is 0 Å². The summed E-state index contributed by atoms with van der Waals surface area (Å²) in [6.45, 7) is 0.301. The number of rotatable bonds is 1. The Labute approximate surface area is 90.3 Å². The zero-order valence-corrected chi connectivity index (χ0v) is 9.13. The minimum absolute atomic E-state index is 0.122. The van der Waals surface area contributed by atoms with E-state index in [0.717, 1.165) is 34.4 Å². The molecule has 1 aliphatic carbocycles. The van der Waals surface area contributed by atoms with Gasteiger partial charge in [-0.3, -0.25) is 0 Å². The molecule has 1 saturated carbocycles. The number of ether oxygens (including phenoxy) is 2. The Morgan fingerprint density at radius 2 is 2.07 bits per heavy atom. The summed E-state index contributed by atoms with van der Waals surface area (Å²) in [6, 6.07) is 4.01. The Morgan fingerprint density at radius 3 is 2.79 bits per heavy atom. The third-order valence-electron chi connectivity index (χ3n) is 2.79. The van der Waals surface area contributed by atoms with E-state index in [0.29, 0.717) is 6.79 Å². The third-order valence-corrected chi connectivity index (χ3v) is 3.38. The average Bonchev–Trinajstić information content (AvgIpc) is 2.75. The fraction of sp³-hybridized carbons (Fsp3) is 0.400. The van der Waals surface area contributed by atoms with Gasteiger partial charge in [-0.1, -0.05) is 0 Å². The maximum Gasteiger partial charge on any atom is 0.231 e. The van der Waals surface area contributed by atoms with Crippen LogP contribution in [0.25, 0.3) is 0 Å². The van der Waals surface area contributed by atoms with Crippen LogP contribution < -0.4 is 15.2 Å². The molecule has 2 N–H and O–H groups in total. The first-order valence-corrected chi connectivity index (χ1v) is 5.37. The van der Waals surface area contributed by atoms with Crippen LogP contribution in [0.3, 0.4) is 0 Å². The lowest BCUT2D eigenvalue weighted by molar-refractivity contribution is 0.173. The van der Waals surface area contributed by atoms with Crippen LogP contribution in [0.15, 0.2) is 16.6 Å². The normalized spacial score (nSPS) is 21.0. The highest BCUT2D eigenvalue weighted by Gasteiger charge is 2.41. The first kappa shape index (κ1) is 8.56. The van der Waals surface area contributed by atoms with E-state index in [-0.39, 0.29) is 5.54 Å². The lowest BCUT2D eigenvalue weighted by Crippen LogP contribution is -2.18. The van der Waals surface area contributed by atoms with Crippen molar-refractivity contribution in [2.24, 2.45) is 5.73 Å². The summed E-state index contributed by atoms with van der Waals surface area (Å²) >= 11 is 3.46. The van der Waals surface area contributed by atoms with E-state index in [1.807, 2.05) is 12.1 Å². The second-order valence-electron chi connectivity index (χ2n) is 3.85. The highest BCUT2D eigenvalue weighted by atomic mass is 79.9. The first-order valence-electron chi connectivity index (χ1n) is 4.58. The van der Waals surface area contributed by atoms with Crippen LogP contribution in [0.2, 0.25) is 0 Å². The molecule has 4 heteroatoms. The van der Waals surface area contributed by atoms with Crippen LogP contribution in [0, 0.1) is 0 Å². The molecule has 0 bridgehead atoms. The predicted molar refractivity (Wildman–Crippen MR) is 55.4 cm³/mol. The Bertz CT molecular complexity index is 401. The van der Waals surface area contributed by atoms with Crippen LogP contribution in [0.5, 0.6) is 11.5 Å². The smallest absolute Gasteiger partial charge is 0.231 e. The van der Waals surface area contributed by atoms with Crippen molar-refractivity contribution in [1.29, 1.82) is 0 Å². The molecule has 1 aromatic carbocycles. The van der Waals surface area contributed by atoms with Crippen molar-refractivity contribution in [3.05, 3.63) is 22.2 Å². The molecule has 2 aliphatic rings. The van der Waals surface area contributed by atoms with Crippen LogP contribution in [0.1, 0.15) is 18.4 Å². The molecule has 0 atom stereocenters. The van der Waals surface area contributed by atoms with E-state index in [1.165, 1.54) is 0 Å². The SMILES string of the molecule is NC1(c2cc(Br)c3c(c2)OCO3)CC1. The van der Waals surface area contributed by atoms with Gasteiger partial charge < -0.3 is 15.2 Å². The van der Waals surface area contributed by atoms with Crippen molar-refractivity contribution in [1.82, 2.24) is 0 Å². The fourth-order valence-electron chi connectivity index (χ4n) is 1.68. The maximum absolute atomic E-state index is 6.11. The first-order chi connectivity index (χ1) is 6.69. The van der Waals surface area contributed by atoms with Gasteiger partial charge in [0.05, 0.1) is 4.47 Å². The third kappa shape index (κ3) is 1.14. The van der Waals surface area contributed by atoms with Gasteiger partial charge >= 0.3 is 0 Å². The number of hydrogen-bond donors (Lipinski definition) is 1. The van der Waals surface area contributed by atoms with Crippen molar-refractivity contribution >= 4 is 15.9 Å². The molecule has 0 radical (unpaired) electrons. The maximum atomic E-state index is 6.11. The average molecular weight is 256 g/mol. The van der Waals surface area contributed by atoms with E-state index < -0.39 is 0 Å². The van der Waals surface area contributed by atoms with Gasteiger partial charge in [-0.2, -0.15) is 0 Å². The number of hydrogen-bond acceptors (Lipinski definition) is 3. The molecule has 14 heavy (non-hydrogen) atoms. The molecular weight excluding hydrogens is 246 g/mol. The summed E-state index contributed by atoms with van der Waals surface area (Å²) in [6.07, 6.45) is 2.11. The highest BCUT2D eigenvalue weighted by molar-refractivity contribution is 9.10. The Morgan fingerprint density at radius 1 is 1.29 bits per heavy atom. The highest BCUT2D eigenvalue weighted by Crippen LogP contribution is 2.48. The molecule has 74 valence electrons. The van der Waals surface area contributed by atoms with E-state index >= 15 is 0 Å². The standard InChI is InChI=1S/C10H10BrNO2/c11-7-3-6(10(12)1-2-10)4-8-9(7)14-5-13-8/h3-4H,1-2,5,12H2. The molecule has 1 aliphatic heterocycles. The zero-order valence-electron chi connectivity index (χ0n) is 7.55. The van der Waals surface area contributed by atoms with Gasteiger partial charge in [-0.15, -0.1) is 0 Å². The van der Waals surface area contributed by atoms with Gasteiger partial charge in [0.1, 0.15) is 0 Å². The number of fused-ring (bicyclic) bond motifs is 1. The van der Waals surface area contributed by atoms with E-state index in [2.05, 4.69) is 15.9 Å². The predicted octanol–water partition coefficient (Wildman–Crippen LogP) is 2.13. The summed E-state index contributed by atoms with van der Waals surface area (Å²) in [5.41, 5.74) is 7.13. The van der Waals surface area contributed by atoms with Crippen LogP contribution >= 0.6 is 15.9 Å². The number of benzene rings is 1. The van der Waals surface area contributed by atoms with Crippen molar-refractivity contribution in [2.45, 2.75) is 18.4 Å². The van der Waals surface area contributed by atoms with Gasteiger partial charge in [0.15, 0.2) is 11.5 Å². The van der Waals surface area contributed by atoms with Gasteiger partial charge in [0.25, 0.3) is 0 Å². The molecule has 0 aromatic heterocycles. The molecule has 0 saturated heterocycles. The Kier molecular flexibility index (Phi) is 1.61. The molecule has 3 nitrogen and oxygen atoms in total. The summed E-state index contributed by atoms with van der Waals surface area (Å²) in [5.74, 6) is 1.59. The second-order valence-corrected chi connectivity index (χ2v) is 4.70. The van der Waals surface area contributed by atoms with Gasteiger partial charge in [0.2, 0.25) is 6.79 Å². The monoisotopic (exact) mass is 255 g/mol. The molecule has 1 fully saturated rings. The molecule has 1 aromatic rings. The van der Waals surface area contributed by atoms with Crippen LogP contribution in [-0.4, -0.2) is 6.79 Å². The van der Waals surface area contributed by atoms with Crippen LogP contribution in [0.4, 0.5) is 0 Å². The van der Waals surface area contributed by atoms with Crippen molar-refractivity contribution in [2.75, 3.05) is 6.79 Å². The Balaban J connectivity index is 2.12. The number of nitrogens with two attached hydrogens (primary N) is 1. The minimum atomic E-state index is -0.122. The van der Waals surface area contributed by atoms with Gasteiger partial charge in [0, 0.05) is 5.54 Å². The molecule has 0 spiro atoms. The lowest BCUT2D eigenvalue weighted by atomic mass is 10.1. The van der Waals surface area contributed by atoms with Gasteiger partial charge in [-0.25, -0.2) is 0 Å². The van der Waals surface area contributed by atoms with Crippen molar-refractivity contribution in [3.63, 3.8) is 0 Å². The quantitative estimate of drug-likeness (QED) is 0.837. The summed E-state index contributed by atoms with van der Waals surface area (Å²) in [4.78, 5) is 0. The fourth-order valence-corrected chi connectivity index (χ4v) is 2.23. The topological polar surface area (TPSA) is 44.5 Å². The van der Waals surface area contributed by atoms with E-state index in [4.69, 9.17) is 15.2 Å². The number of halogens is 1. The van der Waals surface area contributed by atoms with Crippen molar-refractivity contribution in [3.8, 4) is 11.5 Å². The molecule has 0 amide bonds. The van der Waals surface area contributed by atoms with E-state index in [9.17, 15) is 0 Å². The molecule has 3 rings (SSSR count). The van der Waals surface area contributed by atoms with Crippen molar-refractivity contribution < 1.29 is 9.47 Å². The lowest BCUT2D eigenvalue weighted by Gasteiger charge is -2.10. The summed E-state index contributed by atoms with van der Waals surface area (Å²) < 4.78 is 11.6. The largest absolute Gasteiger partial charge is 0.454 e. The summed E-state index contributed by atoms with van der Waals surface area (Å²) in [7, 11) is 0. The molecule has 1 heterocycles. The van der Waals surface area contributed by atoms with Gasteiger partial charge in [-0.05, 0) is 46.5 Å². The minimum Gasteiger partial charge on any atom is -0.454 e. The Hall–Kier alpha value is -0.740. The zero-order chi connectivity index (χ0) is 9.76. The summed E-state index contributed by atoms with van der Waals surface area (Å²) in [5, 5.41) is 0. The molecule has 0 unspecified atom stereocenters. The second kappa shape index (κ2) is 2.64.